The van der Waals surface area contributed by atoms with Crippen molar-refractivity contribution in [1.29, 1.82) is 0 Å². The molecule has 2 atom stereocenters. The number of carbonyl (C=O) groups is 1. The summed E-state index contributed by atoms with van der Waals surface area (Å²) in [5.74, 6) is 0.517. The zero-order valence-corrected chi connectivity index (χ0v) is 13.4. The van der Waals surface area contributed by atoms with Crippen LogP contribution in [0.4, 0.5) is 13.2 Å². The van der Waals surface area contributed by atoms with E-state index >= 15 is 0 Å². The maximum Gasteiger partial charge on any atom is 0.416 e. The van der Waals surface area contributed by atoms with E-state index in [2.05, 4.69) is 11.5 Å². The van der Waals surface area contributed by atoms with Gasteiger partial charge < -0.3 is 4.90 Å². The van der Waals surface area contributed by atoms with Crippen LogP contribution in [0.15, 0.2) is 36.9 Å². The van der Waals surface area contributed by atoms with E-state index < -0.39 is 11.7 Å². The molecule has 2 fully saturated rings. The Balaban J connectivity index is 1.67. The molecule has 1 aromatic carbocycles. The fraction of sp³-hybridized carbons (Fsp3) is 0.500. The predicted molar refractivity (Wildman–Crippen MR) is 85.1 cm³/mol. The van der Waals surface area contributed by atoms with Gasteiger partial charge in [-0.05, 0) is 49.1 Å². The van der Waals surface area contributed by atoms with Crippen molar-refractivity contribution in [3.8, 4) is 0 Å². The van der Waals surface area contributed by atoms with Crippen LogP contribution in [-0.4, -0.2) is 41.4 Å². The van der Waals surface area contributed by atoms with E-state index in [0.29, 0.717) is 19.0 Å². The molecule has 0 radical (unpaired) electrons. The summed E-state index contributed by atoms with van der Waals surface area (Å²) in [6.07, 6.45) is -0.892. The van der Waals surface area contributed by atoms with E-state index in [-0.39, 0.29) is 11.9 Å². The molecular formula is C18H21F3N2O. The van der Waals surface area contributed by atoms with Gasteiger partial charge in [0.2, 0.25) is 5.91 Å². The number of benzene rings is 1. The second-order valence-corrected chi connectivity index (χ2v) is 6.56. The number of rotatable bonds is 3. The highest BCUT2D eigenvalue weighted by molar-refractivity contribution is 5.87. The highest BCUT2D eigenvalue weighted by atomic mass is 19.4. The van der Waals surface area contributed by atoms with Crippen molar-refractivity contribution in [1.82, 2.24) is 9.80 Å². The SMILES string of the molecule is C=CC(=O)N1CCC2CCN(Cc3ccc(C(F)(F)F)cc3)C2C1. The average molecular weight is 338 g/mol. The summed E-state index contributed by atoms with van der Waals surface area (Å²) in [5, 5.41) is 0. The lowest BCUT2D eigenvalue weighted by molar-refractivity contribution is -0.137. The van der Waals surface area contributed by atoms with Crippen molar-refractivity contribution < 1.29 is 18.0 Å². The van der Waals surface area contributed by atoms with Crippen LogP contribution >= 0.6 is 0 Å². The van der Waals surface area contributed by atoms with Gasteiger partial charge in [-0.2, -0.15) is 13.2 Å². The summed E-state index contributed by atoms with van der Waals surface area (Å²) in [4.78, 5) is 15.9. The standard InChI is InChI=1S/C18H21F3N2O/c1-2-17(24)23-10-8-14-7-9-22(16(14)12-23)11-13-3-5-15(6-4-13)18(19,20)21/h2-6,14,16H,1,7-12H2. The molecule has 0 saturated carbocycles. The molecule has 3 nitrogen and oxygen atoms in total. The molecule has 2 aliphatic heterocycles. The number of amides is 1. The van der Waals surface area contributed by atoms with Crippen molar-refractivity contribution >= 4 is 5.91 Å². The molecule has 0 aliphatic carbocycles. The quantitative estimate of drug-likeness (QED) is 0.790. The fourth-order valence-electron chi connectivity index (χ4n) is 3.79. The average Bonchev–Trinajstić information content (AvgIpc) is 2.96. The number of hydrogen-bond acceptors (Lipinski definition) is 2. The van der Waals surface area contributed by atoms with Gasteiger partial charge in [-0.3, -0.25) is 9.69 Å². The highest BCUT2D eigenvalue weighted by Gasteiger charge is 2.39. The number of halogens is 3. The van der Waals surface area contributed by atoms with Gasteiger partial charge in [-0.1, -0.05) is 18.7 Å². The molecule has 0 N–H and O–H groups in total. The molecule has 1 amide bonds. The third kappa shape index (κ3) is 3.48. The summed E-state index contributed by atoms with van der Waals surface area (Å²) < 4.78 is 37.9. The largest absolute Gasteiger partial charge is 0.416 e. The Morgan fingerprint density at radius 2 is 1.88 bits per heavy atom. The van der Waals surface area contributed by atoms with Crippen molar-refractivity contribution in [2.75, 3.05) is 19.6 Å². The molecular weight excluding hydrogens is 317 g/mol. The van der Waals surface area contributed by atoms with Gasteiger partial charge in [0.15, 0.2) is 0 Å². The predicted octanol–water partition coefficient (Wildman–Crippen LogP) is 3.31. The molecule has 0 bridgehead atoms. The smallest absolute Gasteiger partial charge is 0.338 e. The number of piperidine rings is 1. The fourth-order valence-corrected chi connectivity index (χ4v) is 3.79. The lowest BCUT2D eigenvalue weighted by atomic mass is 9.92. The second-order valence-electron chi connectivity index (χ2n) is 6.56. The van der Waals surface area contributed by atoms with Crippen molar-refractivity contribution in [2.24, 2.45) is 5.92 Å². The Bertz CT molecular complexity index is 612. The van der Waals surface area contributed by atoms with Gasteiger partial charge in [-0.15, -0.1) is 0 Å². The number of likely N-dealkylation sites (tertiary alicyclic amines) is 2. The Hall–Kier alpha value is -1.82. The summed E-state index contributed by atoms with van der Waals surface area (Å²) in [5.41, 5.74) is 0.252. The first-order valence-corrected chi connectivity index (χ1v) is 8.20. The number of nitrogens with zero attached hydrogens (tertiary/aromatic N) is 2. The molecule has 2 aliphatic rings. The molecule has 24 heavy (non-hydrogen) atoms. The highest BCUT2D eigenvalue weighted by Crippen LogP contribution is 2.33. The summed E-state index contributed by atoms with van der Waals surface area (Å²) in [6, 6.07) is 5.65. The second kappa shape index (κ2) is 6.59. The summed E-state index contributed by atoms with van der Waals surface area (Å²) >= 11 is 0. The van der Waals surface area contributed by atoms with E-state index in [1.54, 1.807) is 12.1 Å². The van der Waals surface area contributed by atoms with Crippen LogP contribution in [-0.2, 0) is 17.5 Å². The topological polar surface area (TPSA) is 23.6 Å². The van der Waals surface area contributed by atoms with Gasteiger partial charge >= 0.3 is 6.18 Å². The lowest BCUT2D eigenvalue weighted by Crippen LogP contribution is -2.49. The first kappa shape index (κ1) is 17.0. The lowest BCUT2D eigenvalue weighted by Gasteiger charge is -2.38. The minimum absolute atomic E-state index is 0.0465. The Morgan fingerprint density at radius 3 is 2.50 bits per heavy atom. The van der Waals surface area contributed by atoms with Crippen LogP contribution in [0.2, 0.25) is 0 Å². The Morgan fingerprint density at radius 1 is 1.21 bits per heavy atom. The van der Waals surface area contributed by atoms with E-state index in [0.717, 1.165) is 43.6 Å². The van der Waals surface area contributed by atoms with Crippen molar-refractivity contribution in [2.45, 2.75) is 31.6 Å². The van der Waals surface area contributed by atoms with Crippen LogP contribution in [0.25, 0.3) is 0 Å². The van der Waals surface area contributed by atoms with Crippen LogP contribution in [0.5, 0.6) is 0 Å². The van der Waals surface area contributed by atoms with E-state index in [4.69, 9.17) is 0 Å². The number of carbonyl (C=O) groups excluding carboxylic acids is 1. The first-order valence-electron chi connectivity index (χ1n) is 8.20. The third-order valence-corrected chi connectivity index (χ3v) is 5.13. The van der Waals surface area contributed by atoms with Gasteiger partial charge in [0.1, 0.15) is 0 Å². The van der Waals surface area contributed by atoms with Gasteiger partial charge in [0.05, 0.1) is 5.56 Å². The monoisotopic (exact) mass is 338 g/mol. The normalized spacial score (nSPS) is 24.7. The summed E-state index contributed by atoms with van der Waals surface area (Å²) in [6.45, 7) is 6.52. The molecule has 2 unspecified atom stereocenters. The minimum Gasteiger partial charge on any atom is -0.338 e. The molecule has 6 heteroatoms. The molecule has 130 valence electrons. The number of hydrogen-bond donors (Lipinski definition) is 0. The Kier molecular flexibility index (Phi) is 4.67. The van der Waals surface area contributed by atoms with Gasteiger partial charge in [0.25, 0.3) is 0 Å². The molecule has 0 aromatic heterocycles. The molecule has 3 rings (SSSR count). The van der Waals surface area contributed by atoms with Crippen molar-refractivity contribution in [3.05, 3.63) is 48.0 Å². The molecule has 2 heterocycles. The van der Waals surface area contributed by atoms with Crippen LogP contribution in [0.1, 0.15) is 24.0 Å². The zero-order chi connectivity index (χ0) is 17.3. The maximum absolute atomic E-state index is 12.6. The van der Waals surface area contributed by atoms with E-state index in [9.17, 15) is 18.0 Å². The van der Waals surface area contributed by atoms with E-state index in [1.807, 2.05) is 4.90 Å². The van der Waals surface area contributed by atoms with Gasteiger partial charge in [0, 0.05) is 25.7 Å². The van der Waals surface area contributed by atoms with E-state index in [1.165, 1.54) is 6.08 Å². The summed E-state index contributed by atoms with van der Waals surface area (Å²) in [7, 11) is 0. The van der Waals surface area contributed by atoms with Crippen LogP contribution in [0.3, 0.4) is 0 Å². The number of alkyl halides is 3. The van der Waals surface area contributed by atoms with Crippen LogP contribution < -0.4 is 0 Å². The minimum atomic E-state index is -4.30. The van der Waals surface area contributed by atoms with Crippen LogP contribution in [0, 0.1) is 5.92 Å². The molecule has 1 aromatic rings. The van der Waals surface area contributed by atoms with Gasteiger partial charge in [-0.25, -0.2) is 0 Å². The zero-order valence-electron chi connectivity index (χ0n) is 13.4. The Labute approximate surface area is 139 Å². The number of fused-ring (bicyclic) bond motifs is 1. The maximum atomic E-state index is 12.6. The van der Waals surface area contributed by atoms with Crippen molar-refractivity contribution in [3.63, 3.8) is 0 Å². The third-order valence-electron chi connectivity index (χ3n) is 5.13. The molecule has 2 saturated heterocycles. The first-order chi connectivity index (χ1) is 11.4. The molecule has 0 spiro atoms.